The highest BCUT2D eigenvalue weighted by Gasteiger charge is 2.33. The predicted molar refractivity (Wildman–Crippen MR) is 109 cm³/mol. The standard InChI is InChI=1S/C19H17NO5S2/c1-23-13-8-7-11(17-12(13)5-4-6-14(17)24-2)9-15-18(22)20(19(26)27-15)10-16(21)25-3/h4-9H,10H2,1-3H3/b15-9-. The fraction of sp³-hybridized carbons (Fsp3) is 0.211. The number of benzene rings is 2. The van der Waals surface area contributed by atoms with Crippen LogP contribution in [0.1, 0.15) is 5.56 Å². The summed E-state index contributed by atoms with van der Waals surface area (Å²) < 4.78 is 15.9. The third-order valence-electron chi connectivity index (χ3n) is 4.11. The Labute approximate surface area is 166 Å². The normalized spacial score (nSPS) is 15.5. The van der Waals surface area contributed by atoms with E-state index in [2.05, 4.69) is 4.74 Å². The van der Waals surface area contributed by atoms with Crippen molar-refractivity contribution in [3.05, 3.63) is 40.8 Å². The van der Waals surface area contributed by atoms with Gasteiger partial charge in [0.25, 0.3) is 5.91 Å². The van der Waals surface area contributed by atoms with Crippen LogP contribution in [0, 0.1) is 0 Å². The van der Waals surface area contributed by atoms with Gasteiger partial charge in [-0.25, -0.2) is 0 Å². The first-order valence-electron chi connectivity index (χ1n) is 7.96. The van der Waals surface area contributed by atoms with E-state index in [-0.39, 0.29) is 12.5 Å². The summed E-state index contributed by atoms with van der Waals surface area (Å²) in [5.41, 5.74) is 0.793. The SMILES string of the molecule is COC(=O)CN1C(=O)/C(=C/c2ccc(OC)c3cccc(OC)c23)SC1=S. The van der Waals surface area contributed by atoms with Gasteiger partial charge in [0, 0.05) is 10.8 Å². The van der Waals surface area contributed by atoms with E-state index in [4.69, 9.17) is 21.7 Å². The van der Waals surface area contributed by atoms with Crippen LogP contribution in [0.3, 0.4) is 0 Å². The van der Waals surface area contributed by atoms with Crippen LogP contribution in [0.15, 0.2) is 35.2 Å². The molecule has 1 heterocycles. The molecule has 0 unspecified atom stereocenters. The second-order valence-electron chi connectivity index (χ2n) is 5.58. The highest BCUT2D eigenvalue weighted by atomic mass is 32.2. The summed E-state index contributed by atoms with van der Waals surface area (Å²) in [7, 11) is 4.46. The van der Waals surface area contributed by atoms with Crippen molar-refractivity contribution < 1.29 is 23.8 Å². The summed E-state index contributed by atoms with van der Waals surface area (Å²) in [5.74, 6) is 0.528. The molecule has 0 saturated carbocycles. The van der Waals surface area contributed by atoms with Crippen LogP contribution in [0.5, 0.6) is 11.5 Å². The number of nitrogens with zero attached hydrogens (tertiary/aromatic N) is 1. The predicted octanol–water partition coefficient (Wildman–Crippen LogP) is 3.23. The number of thioether (sulfide) groups is 1. The first kappa shape index (κ1) is 19.2. The monoisotopic (exact) mass is 403 g/mol. The molecule has 0 atom stereocenters. The fourth-order valence-corrected chi connectivity index (χ4v) is 4.06. The number of carbonyl (C=O) groups excluding carboxylic acids is 2. The molecule has 140 valence electrons. The van der Waals surface area contributed by atoms with E-state index in [9.17, 15) is 9.59 Å². The Kier molecular flexibility index (Phi) is 5.67. The Morgan fingerprint density at radius 1 is 1.15 bits per heavy atom. The maximum absolute atomic E-state index is 12.7. The van der Waals surface area contributed by atoms with Gasteiger partial charge in [0.2, 0.25) is 0 Å². The molecule has 3 rings (SSSR count). The number of carbonyl (C=O) groups is 2. The summed E-state index contributed by atoms with van der Waals surface area (Å²) in [6.45, 7) is -0.203. The van der Waals surface area contributed by atoms with Crippen LogP contribution in [0.25, 0.3) is 16.8 Å². The summed E-state index contributed by atoms with van der Waals surface area (Å²) >= 11 is 6.39. The molecule has 1 saturated heterocycles. The lowest BCUT2D eigenvalue weighted by molar-refractivity contribution is -0.143. The summed E-state index contributed by atoms with van der Waals surface area (Å²) in [6, 6.07) is 9.35. The van der Waals surface area contributed by atoms with Gasteiger partial charge in [-0.15, -0.1) is 0 Å². The topological polar surface area (TPSA) is 65.1 Å². The molecule has 0 spiro atoms. The van der Waals surface area contributed by atoms with Crippen LogP contribution in [0.4, 0.5) is 0 Å². The van der Waals surface area contributed by atoms with Gasteiger partial charge in [-0.05, 0) is 23.8 Å². The lowest BCUT2D eigenvalue weighted by Gasteiger charge is -2.13. The number of rotatable bonds is 5. The quantitative estimate of drug-likeness (QED) is 0.431. The van der Waals surface area contributed by atoms with Crippen molar-refractivity contribution in [2.45, 2.75) is 0 Å². The zero-order valence-corrected chi connectivity index (χ0v) is 16.6. The Morgan fingerprint density at radius 3 is 2.56 bits per heavy atom. The van der Waals surface area contributed by atoms with E-state index in [1.807, 2.05) is 30.3 Å². The number of ether oxygens (including phenoxy) is 3. The van der Waals surface area contributed by atoms with Gasteiger partial charge in [-0.3, -0.25) is 14.5 Å². The number of fused-ring (bicyclic) bond motifs is 1. The molecule has 0 radical (unpaired) electrons. The number of esters is 1. The van der Waals surface area contributed by atoms with Gasteiger partial charge >= 0.3 is 5.97 Å². The van der Waals surface area contributed by atoms with Gasteiger partial charge in [-0.2, -0.15) is 0 Å². The number of methoxy groups -OCH3 is 3. The Balaban J connectivity index is 2.07. The Bertz CT molecular complexity index is 970. The molecule has 0 aromatic heterocycles. The first-order valence-corrected chi connectivity index (χ1v) is 9.18. The van der Waals surface area contributed by atoms with Crippen LogP contribution in [-0.2, 0) is 14.3 Å². The summed E-state index contributed by atoms with van der Waals surface area (Å²) in [6.07, 6.45) is 1.75. The fourth-order valence-electron chi connectivity index (χ4n) is 2.81. The van der Waals surface area contributed by atoms with E-state index < -0.39 is 5.97 Å². The average molecular weight is 403 g/mol. The van der Waals surface area contributed by atoms with Crippen LogP contribution < -0.4 is 9.47 Å². The van der Waals surface area contributed by atoms with Crippen molar-refractivity contribution in [2.24, 2.45) is 0 Å². The molecule has 8 heteroatoms. The third kappa shape index (κ3) is 3.63. The molecule has 0 bridgehead atoms. The second kappa shape index (κ2) is 7.98. The van der Waals surface area contributed by atoms with Crippen molar-refractivity contribution in [2.75, 3.05) is 27.9 Å². The number of hydrogen-bond donors (Lipinski definition) is 0. The van der Waals surface area contributed by atoms with Gasteiger partial charge in [0.05, 0.1) is 26.2 Å². The lowest BCUT2D eigenvalue weighted by Crippen LogP contribution is -2.33. The van der Waals surface area contributed by atoms with E-state index >= 15 is 0 Å². The molecular weight excluding hydrogens is 386 g/mol. The number of amides is 1. The van der Waals surface area contributed by atoms with E-state index in [0.717, 1.165) is 28.1 Å². The average Bonchev–Trinajstić information content (AvgIpc) is 2.94. The largest absolute Gasteiger partial charge is 0.496 e. The van der Waals surface area contributed by atoms with Crippen molar-refractivity contribution in [1.82, 2.24) is 4.90 Å². The van der Waals surface area contributed by atoms with E-state index in [1.165, 1.54) is 12.0 Å². The van der Waals surface area contributed by atoms with Gasteiger partial charge in [0.15, 0.2) is 0 Å². The molecule has 2 aromatic carbocycles. The van der Waals surface area contributed by atoms with Crippen LogP contribution >= 0.6 is 24.0 Å². The summed E-state index contributed by atoms with van der Waals surface area (Å²) in [5, 5.41) is 1.70. The van der Waals surface area contributed by atoms with Crippen molar-refractivity contribution in [3.8, 4) is 11.5 Å². The van der Waals surface area contributed by atoms with Gasteiger partial charge in [0.1, 0.15) is 22.4 Å². The molecule has 27 heavy (non-hydrogen) atoms. The van der Waals surface area contributed by atoms with Crippen LogP contribution in [0.2, 0.25) is 0 Å². The zero-order valence-electron chi connectivity index (χ0n) is 15.0. The smallest absolute Gasteiger partial charge is 0.325 e. The minimum Gasteiger partial charge on any atom is -0.496 e. The second-order valence-corrected chi connectivity index (χ2v) is 7.26. The minimum absolute atomic E-state index is 0.203. The van der Waals surface area contributed by atoms with Crippen molar-refractivity contribution in [3.63, 3.8) is 0 Å². The molecule has 0 aliphatic carbocycles. The number of hydrogen-bond acceptors (Lipinski definition) is 7. The Hall–Kier alpha value is -2.58. The van der Waals surface area contributed by atoms with Crippen LogP contribution in [-0.4, -0.2) is 49.0 Å². The van der Waals surface area contributed by atoms with Gasteiger partial charge < -0.3 is 14.2 Å². The molecular formula is C19H17NO5S2. The van der Waals surface area contributed by atoms with E-state index in [1.54, 1.807) is 20.3 Å². The zero-order chi connectivity index (χ0) is 19.6. The first-order chi connectivity index (χ1) is 13.0. The molecule has 2 aromatic rings. The lowest BCUT2D eigenvalue weighted by atomic mass is 10.0. The maximum atomic E-state index is 12.7. The van der Waals surface area contributed by atoms with Crippen molar-refractivity contribution in [1.29, 1.82) is 0 Å². The molecule has 6 nitrogen and oxygen atoms in total. The Morgan fingerprint density at radius 2 is 1.89 bits per heavy atom. The highest BCUT2D eigenvalue weighted by Crippen LogP contribution is 2.38. The summed E-state index contributed by atoms with van der Waals surface area (Å²) in [4.78, 5) is 25.9. The van der Waals surface area contributed by atoms with Gasteiger partial charge in [-0.1, -0.05) is 42.2 Å². The third-order valence-corrected chi connectivity index (χ3v) is 5.49. The van der Waals surface area contributed by atoms with E-state index in [0.29, 0.717) is 20.7 Å². The molecule has 1 fully saturated rings. The molecule has 0 N–H and O–H groups in total. The van der Waals surface area contributed by atoms with Crippen molar-refractivity contribution >= 4 is 57.0 Å². The molecule has 1 amide bonds. The number of thiocarbonyl (C=S) groups is 1. The highest BCUT2D eigenvalue weighted by molar-refractivity contribution is 8.26. The molecule has 1 aliphatic rings. The minimum atomic E-state index is -0.524. The maximum Gasteiger partial charge on any atom is 0.325 e. The molecule has 1 aliphatic heterocycles.